The van der Waals surface area contributed by atoms with E-state index >= 15 is 0 Å². The summed E-state index contributed by atoms with van der Waals surface area (Å²) in [4.78, 5) is 29.8. The van der Waals surface area contributed by atoms with Crippen LogP contribution in [0.3, 0.4) is 0 Å². The molecular formula is C20H15ClN4O3. The summed E-state index contributed by atoms with van der Waals surface area (Å²) in [7, 11) is 1.23. The van der Waals surface area contributed by atoms with E-state index in [1.165, 1.54) is 22.1 Å². The van der Waals surface area contributed by atoms with Gasteiger partial charge in [0.15, 0.2) is 0 Å². The van der Waals surface area contributed by atoms with Gasteiger partial charge in [-0.15, -0.1) is 0 Å². The average molecular weight is 395 g/mol. The molecule has 4 aromatic rings. The van der Waals surface area contributed by atoms with Crippen molar-refractivity contribution < 1.29 is 9.53 Å². The number of aromatic nitrogens is 3. The molecule has 0 aliphatic rings. The van der Waals surface area contributed by atoms with E-state index in [1.807, 2.05) is 12.1 Å². The number of benzene rings is 1. The number of rotatable bonds is 3. The first kappa shape index (κ1) is 17.9. The minimum absolute atomic E-state index is 0.0168. The molecule has 0 fully saturated rings. The first-order chi connectivity index (χ1) is 13.5. The van der Waals surface area contributed by atoms with Crippen molar-refractivity contribution in [1.29, 1.82) is 5.41 Å². The Labute approximate surface area is 163 Å². The van der Waals surface area contributed by atoms with Crippen LogP contribution in [0.4, 0.5) is 0 Å². The molecule has 0 amide bonds. The van der Waals surface area contributed by atoms with E-state index in [4.69, 9.17) is 21.7 Å². The Kier molecular flexibility index (Phi) is 4.44. The molecule has 0 aliphatic heterocycles. The van der Waals surface area contributed by atoms with E-state index in [2.05, 4.69) is 4.98 Å². The molecular weight excluding hydrogens is 380 g/mol. The Balaban J connectivity index is 2.12. The van der Waals surface area contributed by atoms with Gasteiger partial charge < -0.3 is 9.30 Å². The minimum atomic E-state index is -0.697. The molecule has 3 heterocycles. The summed E-state index contributed by atoms with van der Waals surface area (Å²) in [6.07, 6.45) is 1.61. The predicted molar refractivity (Wildman–Crippen MR) is 105 cm³/mol. The highest BCUT2D eigenvalue weighted by molar-refractivity contribution is 6.31. The number of ether oxygens (including phenoxy) is 1. The van der Waals surface area contributed by atoms with Crippen LogP contribution in [0.5, 0.6) is 0 Å². The zero-order valence-corrected chi connectivity index (χ0v) is 15.6. The Bertz CT molecular complexity index is 1360. The molecule has 1 aromatic carbocycles. The second kappa shape index (κ2) is 6.94. The van der Waals surface area contributed by atoms with E-state index in [-0.39, 0.29) is 28.5 Å². The van der Waals surface area contributed by atoms with Gasteiger partial charge >= 0.3 is 5.97 Å². The highest BCUT2D eigenvalue weighted by Gasteiger charge is 2.18. The molecule has 3 aromatic heterocycles. The average Bonchev–Trinajstić information content (AvgIpc) is 2.71. The van der Waals surface area contributed by atoms with Gasteiger partial charge in [0.2, 0.25) is 0 Å². The lowest BCUT2D eigenvalue weighted by Crippen LogP contribution is -2.31. The van der Waals surface area contributed by atoms with Gasteiger partial charge in [-0.1, -0.05) is 35.9 Å². The van der Waals surface area contributed by atoms with Crippen molar-refractivity contribution in [3.8, 4) is 0 Å². The van der Waals surface area contributed by atoms with E-state index in [0.29, 0.717) is 16.3 Å². The number of pyridine rings is 2. The third-order valence-electron chi connectivity index (χ3n) is 4.51. The molecule has 7 nitrogen and oxygen atoms in total. The third-order valence-corrected chi connectivity index (χ3v) is 4.88. The molecule has 0 radical (unpaired) electrons. The van der Waals surface area contributed by atoms with E-state index < -0.39 is 5.97 Å². The van der Waals surface area contributed by atoms with E-state index in [1.54, 1.807) is 36.5 Å². The maximum atomic E-state index is 13.0. The van der Waals surface area contributed by atoms with Crippen LogP contribution in [0, 0.1) is 5.41 Å². The lowest BCUT2D eigenvalue weighted by atomic mass is 10.1. The molecule has 0 unspecified atom stereocenters. The van der Waals surface area contributed by atoms with Gasteiger partial charge in [0.25, 0.3) is 5.56 Å². The molecule has 140 valence electrons. The van der Waals surface area contributed by atoms with Crippen LogP contribution in [0.25, 0.3) is 16.7 Å². The summed E-state index contributed by atoms with van der Waals surface area (Å²) in [5.74, 6) is -0.697. The highest BCUT2D eigenvalue weighted by atomic mass is 35.5. The summed E-state index contributed by atoms with van der Waals surface area (Å²) < 4.78 is 7.69. The van der Waals surface area contributed by atoms with Crippen LogP contribution in [-0.2, 0) is 11.3 Å². The van der Waals surface area contributed by atoms with Crippen molar-refractivity contribution in [2.75, 3.05) is 7.11 Å². The summed E-state index contributed by atoms with van der Waals surface area (Å²) in [5.41, 5.74) is 1.02. The summed E-state index contributed by atoms with van der Waals surface area (Å²) >= 11 is 6.28. The zero-order valence-electron chi connectivity index (χ0n) is 14.8. The molecule has 28 heavy (non-hydrogen) atoms. The monoisotopic (exact) mass is 394 g/mol. The van der Waals surface area contributed by atoms with Gasteiger partial charge in [0.05, 0.1) is 19.0 Å². The quantitative estimate of drug-likeness (QED) is 0.427. The van der Waals surface area contributed by atoms with Gasteiger partial charge in [0.1, 0.15) is 22.3 Å². The molecule has 1 N–H and O–H groups in total. The Hall–Kier alpha value is -3.45. The number of hydrogen-bond acceptors (Lipinski definition) is 5. The lowest BCUT2D eigenvalue weighted by Gasteiger charge is -2.14. The number of carbonyl (C=O) groups is 1. The lowest BCUT2D eigenvalue weighted by molar-refractivity contribution is 0.0597. The SMILES string of the molecule is COC(=O)c1cc2c(=O)n3ccccc3nc2n(Cc2ccccc2Cl)c1=N. The second-order valence-corrected chi connectivity index (χ2v) is 6.57. The first-order valence-electron chi connectivity index (χ1n) is 8.42. The topological polar surface area (TPSA) is 89.4 Å². The maximum absolute atomic E-state index is 13.0. The van der Waals surface area contributed by atoms with Gasteiger partial charge in [0, 0.05) is 11.2 Å². The summed E-state index contributed by atoms with van der Waals surface area (Å²) in [5, 5.41) is 9.26. The van der Waals surface area contributed by atoms with Crippen molar-refractivity contribution in [3.63, 3.8) is 0 Å². The van der Waals surface area contributed by atoms with Gasteiger partial charge in [-0.3, -0.25) is 14.6 Å². The van der Waals surface area contributed by atoms with Crippen LogP contribution in [0.15, 0.2) is 59.5 Å². The molecule has 0 bridgehead atoms. The molecule has 0 atom stereocenters. The minimum Gasteiger partial charge on any atom is -0.465 e. The number of nitrogens with one attached hydrogen (secondary N) is 1. The Morgan fingerprint density at radius 3 is 2.71 bits per heavy atom. The normalized spacial score (nSPS) is 11.1. The van der Waals surface area contributed by atoms with Crippen molar-refractivity contribution in [2.24, 2.45) is 0 Å². The van der Waals surface area contributed by atoms with Gasteiger partial charge in [-0.05, 0) is 29.8 Å². The number of halogens is 1. The molecule has 0 saturated heterocycles. The zero-order chi connectivity index (χ0) is 19.8. The number of carbonyl (C=O) groups excluding carboxylic acids is 1. The molecule has 4 rings (SSSR count). The Morgan fingerprint density at radius 1 is 1.21 bits per heavy atom. The van der Waals surface area contributed by atoms with Crippen molar-refractivity contribution >= 4 is 34.3 Å². The highest BCUT2D eigenvalue weighted by Crippen LogP contribution is 2.18. The van der Waals surface area contributed by atoms with Crippen LogP contribution in [0.2, 0.25) is 5.02 Å². The third kappa shape index (κ3) is 2.86. The standard InChI is InChI=1S/C20H15ClN4O3/c1-28-20(27)13-10-14-18(23-16-8-4-5-9-24(16)19(14)26)25(17(13)22)11-12-6-2-3-7-15(12)21/h2-10,22H,11H2,1H3. The summed E-state index contributed by atoms with van der Waals surface area (Å²) in [6, 6.07) is 13.8. The first-order valence-corrected chi connectivity index (χ1v) is 8.80. The van der Waals surface area contributed by atoms with Crippen molar-refractivity contribution in [1.82, 2.24) is 14.0 Å². The molecule has 0 aliphatic carbocycles. The van der Waals surface area contributed by atoms with Crippen molar-refractivity contribution in [2.45, 2.75) is 6.54 Å². The number of hydrogen-bond donors (Lipinski definition) is 1. The van der Waals surface area contributed by atoms with E-state index in [0.717, 1.165) is 5.56 Å². The van der Waals surface area contributed by atoms with E-state index in [9.17, 15) is 9.59 Å². The number of methoxy groups -OCH3 is 1. The number of nitrogens with zero attached hydrogens (tertiary/aromatic N) is 3. The maximum Gasteiger partial charge on any atom is 0.341 e. The predicted octanol–water partition coefficient (Wildman–Crippen LogP) is 2.62. The summed E-state index contributed by atoms with van der Waals surface area (Å²) in [6.45, 7) is 0.176. The molecule has 8 heteroatoms. The fourth-order valence-corrected chi connectivity index (χ4v) is 3.30. The Morgan fingerprint density at radius 2 is 1.96 bits per heavy atom. The largest absolute Gasteiger partial charge is 0.465 e. The smallest absolute Gasteiger partial charge is 0.341 e. The van der Waals surface area contributed by atoms with Crippen LogP contribution < -0.4 is 11.0 Å². The van der Waals surface area contributed by atoms with Crippen LogP contribution in [0.1, 0.15) is 15.9 Å². The van der Waals surface area contributed by atoms with Crippen molar-refractivity contribution in [3.05, 3.63) is 86.7 Å². The molecule has 0 spiro atoms. The van der Waals surface area contributed by atoms with Crippen LogP contribution in [-0.4, -0.2) is 27.0 Å². The molecule has 0 saturated carbocycles. The van der Waals surface area contributed by atoms with Gasteiger partial charge in [-0.2, -0.15) is 0 Å². The number of esters is 1. The fourth-order valence-electron chi connectivity index (χ4n) is 3.10. The fraction of sp³-hybridized carbons (Fsp3) is 0.100. The van der Waals surface area contributed by atoms with Gasteiger partial charge in [-0.25, -0.2) is 9.78 Å². The van der Waals surface area contributed by atoms with Crippen LogP contribution >= 0.6 is 11.6 Å². The number of fused-ring (bicyclic) bond motifs is 2. The second-order valence-electron chi connectivity index (χ2n) is 6.16.